The second-order valence-corrected chi connectivity index (χ2v) is 11.2. The quantitative estimate of drug-likeness (QED) is 0.443. The van der Waals surface area contributed by atoms with Gasteiger partial charge < -0.3 is 20.3 Å². The van der Waals surface area contributed by atoms with E-state index in [1.165, 1.54) is 4.90 Å². The van der Waals surface area contributed by atoms with Gasteiger partial charge in [-0.15, -0.1) is 0 Å². The van der Waals surface area contributed by atoms with Crippen molar-refractivity contribution in [2.45, 2.75) is 89.9 Å². The third kappa shape index (κ3) is 9.13. The lowest BCUT2D eigenvalue weighted by molar-refractivity contribution is -0.142. The average Bonchev–Trinajstić information content (AvgIpc) is 2.89. The number of nitrogens with one attached hydrogen (secondary N) is 2. The summed E-state index contributed by atoms with van der Waals surface area (Å²) in [5.74, 6) is -0.860. The minimum atomic E-state index is -1.05. The molecule has 3 amide bonds. The lowest BCUT2D eigenvalue weighted by atomic mass is 9.94. The van der Waals surface area contributed by atoms with Crippen molar-refractivity contribution in [3.63, 3.8) is 0 Å². The highest BCUT2D eigenvalue weighted by atomic mass is 16.6. The summed E-state index contributed by atoms with van der Waals surface area (Å²) in [6.45, 7) is 6.85. The zero-order valence-corrected chi connectivity index (χ0v) is 23.4. The van der Waals surface area contributed by atoms with Crippen LogP contribution in [0.2, 0.25) is 0 Å². The largest absolute Gasteiger partial charge is 0.444 e. The van der Waals surface area contributed by atoms with Gasteiger partial charge in [0.1, 0.15) is 24.2 Å². The molecule has 0 radical (unpaired) electrons. The highest BCUT2D eigenvalue weighted by molar-refractivity contribution is 5.92. The smallest absolute Gasteiger partial charge is 0.408 e. The first-order chi connectivity index (χ1) is 18.6. The summed E-state index contributed by atoms with van der Waals surface area (Å²) in [6.07, 6.45) is 4.42. The molecule has 2 aromatic rings. The summed E-state index contributed by atoms with van der Waals surface area (Å²) >= 11 is 0. The van der Waals surface area contributed by atoms with Crippen molar-refractivity contribution in [1.82, 2.24) is 15.5 Å². The molecule has 8 nitrogen and oxygen atoms in total. The van der Waals surface area contributed by atoms with E-state index in [-0.39, 0.29) is 24.9 Å². The Kier molecular flexibility index (Phi) is 10.5. The minimum Gasteiger partial charge on any atom is -0.444 e. The molecule has 0 heterocycles. The molecule has 2 N–H and O–H groups in total. The molecule has 208 valence electrons. The Bertz CT molecular complexity index is 1150. The van der Waals surface area contributed by atoms with E-state index in [4.69, 9.17) is 4.74 Å². The lowest BCUT2D eigenvalue weighted by Crippen LogP contribution is -2.54. The van der Waals surface area contributed by atoms with Crippen LogP contribution in [0.5, 0.6) is 0 Å². The van der Waals surface area contributed by atoms with Gasteiger partial charge in [-0.3, -0.25) is 9.59 Å². The molecular formula is C31H40N4O4. The van der Waals surface area contributed by atoms with Crippen molar-refractivity contribution in [3.8, 4) is 6.07 Å². The van der Waals surface area contributed by atoms with Crippen LogP contribution in [0.3, 0.4) is 0 Å². The zero-order valence-electron chi connectivity index (χ0n) is 23.4. The minimum absolute atomic E-state index is 0.0261. The molecule has 3 rings (SSSR count). The number of carbonyl (C=O) groups excluding carboxylic acids is 3. The Morgan fingerprint density at radius 1 is 1.03 bits per heavy atom. The molecule has 0 aromatic heterocycles. The van der Waals surface area contributed by atoms with Gasteiger partial charge in [-0.05, 0) is 51.7 Å². The van der Waals surface area contributed by atoms with E-state index >= 15 is 0 Å². The fourth-order valence-corrected chi connectivity index (χ4v) is 4.82. The lowest BCUT2D eigenvalue weighted by Gasteiger charge is -2.34. The van der Waals surface area contributed by atoms with Gasteiger partial charge >= 0.3 is 6.09 Å². The Morgan fingerprint density at radius 3 is 2.26 bits per heavy atom. The van der Waals surface area contributed by atoms with Gasteiger partial charge in [-0.1, -0.05) is 79.4 Å². The maximum Gasteiger partial charge on any atom is 0.408 e. The van der Waals surface area contributed by atoms with Crippen LogP contribution in [0.4, 0.5) is 4.79 Å². The number of nitriles is 1. The van der Waals surface area contributed by atoms with E-state index in [1.54, 1.807) is 20.8 Å². The zero-order chi connectivity index (χ0) is 28.4. The first-order valence-corrected chi connectivity index (χ1v) is 13.6. The highest BCUT2D eigenvalue weighted by Gasteiger charge is 2.37. The molecule has 0 aliphatic heterocycles. The Labute approximate surface area is 231 Å². The molecule has 1 aliphatic carbocycles. The number of amides is 3. The van der Waals surface area contributed by atoms with Gasteiger partial charge in [0.15, 0.2) is 0 Å². The summed E-state index contributed by atoms with van der Waals surface area (Å²) in [5, 5.41) is 15.6. The predicted octanol–water partition coefficient (Wildman–Crippen LogP) is 4.97. The molecule has 8 heteroatoms. The Hall–Kier alpha value is -3.86. The van der Waals surface area contributed by atoms with E-state index in [1.807, 2.05) is 61.5 Å². The van der Waals surface area contributed by atoms with Crippen molar-refractivity contribution in [2.24, 2.45) is 0 Å². The molecule has 39 heavy (non-hydrogen) atoms. The van der Waals surface area contributed by atoms with Crippen molar-refractivity contribution in [1.29, 1.82) is 5.26 Å². The first kappa shape index (κ1) is 29.7. The number of rotatable bonds is 9. The number of alkyl carbamates (subject to hydrolysis) is 1. The summed E-state index contributed by atoms with van der Waals surface area (Å²) in [7, 11) is 0. The van der Waals surface area contributed by atoms with E-state index in [0.717, 1.165) is 43.2 Å². The molecule has 1 fully saturated rings. The number of hydrogen-bond donors (Lipinski definition) is 2. The second kappa shape index (κ2) is 13.8. The number of ether oxygens (including phenoxy) is 1. The average molecular weight is 533 g/mol. The van der Waals surface area contributed by atoms with Crippen LogP contribution in [0.15, 0.2) is 54.6 Å². The van der Waals surface area contributed by atoms with Crippen LogP contribution in [0.25, 0.3) is 0 Å². The SMILES string of the molecule is Cc1ccc(C(C(=O)NC2CCCCC2)N(CC#N)C(=O)C(Cc2ccccc2)NC(=O)OC(C)(C)C)cc1. The van der Waals surface area contributed by atoms with Crippen LogP contribution in [0, 0.1) is 18.3 Å². The van der Waals surface area contributed by atoms with Crippen LogP contribution < -0.4 is 10.6 Å². The summed E-state index contributed by atoms with van der Waals surface area (Å²) in [4.78, 5) is 42.0. The number of nitrogens with zero attached hydrogens (tertiary/aromatic N) is 2. The third-order valence-electron chi connectivity index (χ3n) is 6.70. The third-order valence-corrected chi connectivity index (χ3v) is 6.70. The van der Waals surface area contributed by atoms with Gasteiger partial charge in [0.05, 0.1) is 6.07 Å². The molecule has 2 atom stereocenters. The maximum absolute atomic E-state index is 14.1. The first-order valence-electron chi connectivity index (χ1n) is 13.6. The normalized spacial score (nSPS) is 15.4. The van der Waals surface area contributed by atoms with Crippen LogP contribution in [0.1, 0.15) is 75.6 Å². The summed E-state index contributed by atoms with van der Waals surface area (Å²) in [5.41, 5.74) is 1.67. The Balaban J connectivity index is 1.97. The van der Waals surface area contributed by atoms with Crippen molar-refractivity contribution < 1.29 is 19.1 Å². The van der Waals surface area contributed by atoms with Crippen LogP contribution >= 0.6 is 0 Å². The monoisotopic (exact) mass is 532 g/mol. The number of aryl methyl sites for hydroxylation is 1. The van der Waals surface area contributed by atoms with Gasteiger partial charge in [-0.25, -0.2) is 4.79 Å². The van der Waals surface area contributed by atoms with Gasteiger partial charge in [-0.2, -0.15) is 5.26 Å². The topological polar surface area (TPSA) is 112 Å². The number of benzene rings is 2. The standard InChI is InChI=1S/C31H40N4O4/c1-22-15-17-24(18-16-22)27(28(36)33-25-13-9-6-10-14-25)35(20-19-32)29(37)26(21-23-11-7-5-8-12-23)34-30(38)39-31(2,3)4/h5,7-8,11-12,15-18,25-27H,6,9-10,13-14,20-21H2,1-4H3,(H,33,36)(H,34,38). The van der Waals surface area contributed by atoms with E-state index in [0.29, 0.717) is 5.56 Å². The molecule has 1 aliphatic rings. The molecule has 2 unspecified atom stereocenters. The van der Waals surface area contributed by atoms with E-state index in [2.05, 4.69) is 16.7 Å². The van der Waals surface area contributed by atoms with E-state index < -0.39 is 29.7 Å². The Morgan fingerprint density at radius 2 is 1.67 bits per heavy atom. The molecule has 0 bridgehead atoms. The predicted molar refractivity (Wildman–Crippen MR) is 150 cm³/mol. The van der Waals surface area contributed by atoms with Gasteiger partial charge in [0, 0.05) is 12.5 Å². The van der Waals surface area contributed by atoms with E-state index in [9.17, 15) is 19.6 Å². The molecule has 2 aromatic carbocycles. The highest BCUT2D eigenvalue weighted by Crippen LogP contribution is 2.25. The van der Waals surface area contributed by atoms with Gasteiger partial charge in [0.2, 0.25) is 11.8 Å². The molecule has 1 saturated carbocycles. The second-order valence-electron chi connectivity index (χ2n) is 11.2. The number of carbonyl (C=O) groups is 3. The van der Waals surface area contributed by atoms with Crippen molar-refractivity contribution >= 4 is 17.9 Å². The maximum atomic E-state index is 14.1. The van der Waals surface area contributed by atoms with Crippen LogP contribution in [-0.4, -0.2) is 47.0 Å². The summed E-state index contributed by atoms with van der Waals surface area (Å²) < 4.78 is 5.44. The van der Waals surface area contributed by atoms with Crippen molar-refractivity contribution in [3.05, 3.63) is 71.3 Å². The molecule has 0 saturated heterocycles. The molecule has 0 spiro atoms. The van der Waals surface area contributed by atoms with Crippen molar-refractivity contribution in [2.75, 3.05) is 6.54 Å². The fourth-order valence-electron chi connectivity index (χ4n) is 4.82. The number of hydrogen-bond acceptors (Lipinski definition) is 5. The fraction of sp³-hybridized carbons (Fsp3) is 0.484. The van der Waals surface area contributed by atoms with Gasteiger partial charge in [0.25, 0.3) is 0 Å². The van der Waals surface area contributed by atoms with Crippen LogP contribution in [-0.2, 0) is 20.7 Å². The summed E-state index contributed by atoms with van der Waals surface area (Å²) in [6, 6.07) is 16.7. The molecular weight excluding hydrogens is 492 g/mol.